The van der Waals surface area contributed by atoms with Crippen molar-refractivity contribution in [1.82, 2.24) is 5.32 Å². The van der Waals surface area contributed by atoms with Crippen molar-refractivity contribution in [2.24, 2.45) is 0 Å². The minimum atomic E-state index is -4.75. The van der Waals surface area contributed by atoms with Gasteiger partial charge in [-0.1, -0.05) is 30.3 Å². The third-order valence-corrected chi connectivity index (χ3v) is 3.84. The molecule has 1 amide bonds. The molecule has 0 bridgehead atoms. The second kappa shape index (κ2) is 8.68. The lowest BCUT2D eigenvalue weighted by molar-refractivity contribution is -0.136. The number of rotatable bonds is 5. The third-order valence-electron chi connectivity index (χ3n) is 3.84. The van der Waals surface area contributed by atoms with E-state index in [0.29, 0.717) is 6.07 Å². The lowest BCUT2D eigenvalue weighted by Gasteiger charge is -2.10. The van der Waals surface area contributed by atoms with Crippen LogP contribution in [0.4, 0.5) is 18.0 Å². The SMILES string of the molecule is O=C(CNC(=O)OCc1ccccc1)Oc1ccc2c(C(F)(F)F)cc(=O)oc2c1. The summed E-state index contributed by atoms with van der Waals surface area (Å²) in [6.45, 7) is -0.537. The van der Waals surface area contributed by atoms with Gasteiger partial charge in [0.1, 0.15) is 24.5 Å². The molecule has 7 nitrogen and oxygen atoms in total. The van der Waals surface area contributed by atoms with E-state index in [-0.39, 0.29) is 17.7 Å². The lowest BCUT2D eigenvalue weighted by atomic mass is 10.1. The molecule has 1 heterocycles. The van der Waals surface area contributed by atoms with Crippen molar-refractivity contribution in [3.63, 3.8) is 0 Å². The highest BCUT2D eigenvalue weighted by molar-refractivity contribution is 5.84. The number of esters is 1. The molecule has 0 atom stereocenters. The Morgan fingerprint density at radius 3 is 2.47 bits per heavy atom. The molecule has 0 unspecified atom stereocenters. The molecule has 0 aliphatic heterocycles. The van der Waals surface area contributed by atoms with E-state index in [1.807, 2.05) is 0 Å². The predicted molar refractivity (Wildman–Crippen MR) is 97.8 cm³/mol. The molecule has 3 rings (SSSR count). The van der Waals surface area contributed by atoms with Crippen LogP contribution in [0.1, 0.15) is 11.1 Å². The summed E-state index contributed by atoms with van der Waals surface area (Å²) in [6.07, 6.45) is -5.61. The average molecular weight is 421 g/mol. The van der Waals surface area contributed by atoms with Crippen LogP contribution in [0.25, 0.3) is 11.0 Å². The van der Waals surface area contributed by atoms with E-state index in [1.165, 1.54) is 0 Å². The van der Waals surface area contributed by atoms with Gasteiger partial charge in [-0.05, 0) is 17.7 Å². The van der Waals surface area contributed by atoms with Crippen molar-refractivity contribution in [2.45, 2.75) is 12.8 Å². The number of ether oxygens (including phenoxy) is 2. The van der Waals surface area contributed by atoms with E-state index in [2.05, 4.69) is 5.32 Å². The first kappa shape index (κ1) is 20.9. The zero-order valence-electron chi connectivity index (χ0n) is 15.2. The number of hydrogen-bond donors (Lipinski definition) is 1. The van der Waals surface area contributed by atoms with E-state index in [1.54, 1.807) is 30.3 Å². The van der Waals surface area contributed by atoms with Crippen molar-refractivity contribution < 1.29 is 36.7 Å². The number of fused-ring (bicyclic) bond motifs is 1. The average Bonchev–Trinajstić information content (AvgIpc) is 2.70. The molecule has 0 radical (unpaired) electrons. The Kier molecular flexibility index (Phi) is 6.05. The van der Waals surface area contributed by atoms with E-state index < -0.39 is 41.6 Å². The number of hydrogen-bond acceptors (Lipinski definition) is 6. The molecule has 0 aliphatic rings. The van der Waals surface area contributed by atoms with Gasteiger partial charge in [0.25, 0.3) is 0 Å². The first-order valence-electron chi connectivity index (χ1n) is 8.53. The molecular formula is C20H14F3NO6. The zero-order chi connectivity index (χ0) is 21.7. The number of nitrogens with one attached hydrogen (secondary N) is 1. The Morgan fingerprint density at radius 1 is 1.03 bits per heavy atom. The van der Waals surface area contributed by atoms with Crippen LogP contribution < -0.4 is 15.7 Å². The fraction of sp³-hybridized carbons (Fsp3) is 0.150. The second-order valence-corrected chi connectivity index (χ2v) is 6.02. The molecule has 0 spiro atoms. The topological polar surface area (TPSA) is 94.8 Å². The van der Waals surface area contributed by atoms with Crippen LogP contribution in [0, 0.1) is 0 Å². The second-order valence-electron chi connectivity index (χ2n) is 6.02. The van der Waals surface area contributed by atoms with Gasteiger partial charge in [-0.15, -0.1) is 0 Å². The summed E-state index contributed by atoms with van der Waals surface area (Å²) in [5.74, 6) is -1.06. The predicted octanol–water partition coefficient (Wildman–Crippen LogP) is 3.64. The number of carbonyl (C=O) groups is 2. The third kappa shape index (κ3) is 5.37. The first-order valence-corrected chi connectivity index (χ1v) is 8.53. The van der Waals surface area contributed by atoms with Crippen molar-refractivity contribution in [3.8, 4) is 5.75 Å². The van der Waals surface area contributed by atoms with Gasteiger partial charge in [0.05, 0.1) is 5.56 Å². The largest absolute Gasteiger partial charge is 0.445 e. The van der Waals surface area contributed by atoms with Crippen LogP contribution in [-0.2, 0) is 22.3 Å². The van der Waals surface area contributed by atoms with Crippen LogP contribution in [0.5, 0.6) is 5.75 Å². The summed E-state index contributed by atoms with van der Waals surface area (Å²) in [7, 11) is 0. The summed E-state index contributed by atoms with van der Waals surface area (Å²) in [5.41, 5.74) is -1.99. The number of alkyl carbamates (subject to hydrolysis) is 1. The first-order chi connectivity index (χ1) is 14.2. The van der Waals surface area contributed by atoms with Gasteiger partial charge >= 0.3 is 23.9 Å². The lowest BCUT2D eigenvalue weighted by Crippen LogP contribution is -2.32. The highest BCUT2D eigenvalue weighted by Gasteiger charge is 2.33. The van der Waals surface area contributed by atoms with Crippen LogP contribution in [0.15, 0.2) is 63.8 Å². The molecule has 3 aromatic rings. The molecular weight excluding hydrogens is 407 g/mol. The number of alkyl halides is 3. The number of halogens is 3. The number of amides is 1. The minimum Gasteiger partial charge on any atom is -0.445 e. The van der Waals surface area contributed by atoms with Gasteiger partial charge < -0.3 is 19.2 Å². The number of carbonyl (C=O) groups excluding carboxylic acids is 2. The molecule has 2 aromatic carbocycles. The van der Waals surface area contributed by atoms with E-state index in [4.69, 9.17) is 13.9 Å². The molecule has 0 aliphatic carbocycles. The summed E-state index contributed by atoms with van der Waals surface area (Å²) in [5, 5.41) is 1.83. The van der Waals surface area contributed by atoms with Crippen LogP contribution in [0.3, 0.4) is 0 Å². The summed E-state index contributed by atoms with van der Waals surface area (Å²) < 4.78 is 53.7. The molecule has 1 N–H and O–H groups in total. The van der Waals surface area contributed by atoms with Crippen molar-refractivity contribution in [3.05, 3.63) is 76.1 Å². The highest BCUT2D eigenvalue weighted by atomic mass is 19.4. The van der Waals surface area contributed by atoms with Gasteiger partial charge in [0.2, 0.25) is 0 Å². The van der Waals surface area contributed by atoms with Crippen molar-refractivity contribution in [1.29, 1.82) is 0 Å². The van der Waals surface area contributed by atoms with Gasteiger partial charge in [-0.2, -0.15) is 13.2 Å². The Labute approximate surface area is 167 Å². The van der Waals surface area contributed by atoms with E-state index >= 15 is 0 Å². The maximum atomic E-state index is 13.0. The minimum absolute atomic E-state index is 0.00691. The summed E-state index contributed by atoms with van der Waals surface area (Å²) in [6, 6.07) is 12.3. The standard InChI is InChI=1S/C20H14F3NO6/c21-20(22,23)15-9-17(25)30-16-8-13(6-7-14(15)16)29-18(26)10-24-19(27)28-11-12-4-2-1-3-5-12/h1-9H,10-11H2,(H,24,27). The van der Waals surface area contributed by atoms with Gasteiger partial charge in [0.15, 0.2) is 0 Å². The molecule has 1 aromatic heterocycles. The molecule has 156 valence electrons. The van der Waals surface area contributed by atoms with Gasteiger partial charge in [-0.3, -0.25) is 0 Å². The number of benzene rings is 2. The molecule has 0 saturated heterocycles. The van der Waals surface area contributed by atoms with Crippen LogP contribution in [0.2, 0.25) is 0 Å². The molecule has 0 fully saturated rings. The van der Waals surface area contributed by atoms with E-state index in [9.17, 15) is 27.6 Å². The zero-order valence-corrected chi connectivity index (χ0v) is 15.2. The summed E-state index contributed by atoms with van der Waals surface area (Å²) in [4.78, 5) is 34.9. The van der Waals surface area contributed by atoms with Gasteiger partial charge in [0, 0.05) is 17.5 Å². The Hall–Kier alpha value is -3.82. The monoisotopic (exact) mass is 421 g/mol. The van der Waals surface area contributed by atoms with Crippen LogP contribution >= 0.6 is 0 Å². The van der Waals surface area contributed by atoms with Crippen molar-refractivity contribution >= 4 is 23.0 Å². The highest BCUT2D eigenvalue weighted by Crippen LogP contribution is 2.34. The quantitative estimate of drug-likeness (QED) is 0.384. The smallest absolute Gasteiger partial charge is 0.417 e. The fourth-order valence-electron chi connectivity index (χ4n) is 2.53. The maximum absolute atomic E-state index is 13.0. The fourth-order valence-corrected chi connectivity index (χ4v) is 2.53. The maximum Gasteiger partial charge on any atom is 0.417 e. The van der Waals surface area contributed by atoms with Crippen LogP contribution in [-0.4, -0.2) is 18.6 Å². The van der Waals surface area contributed by atoms with Crippen molar-refractivity contribution in [2.75, 3.05) is 6.54 Å². The Bertz CT molecular complexity index is 1120. The summed E-state index contributed by atoms with van der Waals surface area (Å²) >= 11 is 0. The Morgan fingerprint density at radius 2 is 1.77 bits per heavy atom. The molecule has 30 heavy (non-hydrogen) atoms. The normalized spacial score (nSPS) is 11.2. The molecule has 0 saturated carbocycles. The Balaban J connectivity index is 1.60. The van der Waals surface area contributed by atoms with Gasteiger partial charge in [-0.25, -0.2) is 14.4 Å². The van der Waals surface area contributed by atoms with E-state index in [0.717, 1.165) is 23.8 Å². The molecule has 10 heteroatoms.